The summed E-state index contributed by atoms with van der Waals surface area (Å²) in [5.41, 5.74) is 2.67. The van der Waals surface area contributed by atoms with Gasteiger partial charge in [0, 0.05) is 6.20 Å². The number of hydrogen-bond donors (Lipinski definition) is 0. The molecule has 0 N–H and O–H groups in total. The molecule has 5 heteroatoms. The largest absolute Gasteiger partial charge is 0.241 e. The molecule has 2 aromatic carbocycles. The first-order chi connectivity index (χ1) is 11.6. The van der Waals surface area contributed by atoms with E-state index in [0.29, 0.717) is 12.1 Å². The molecule has 3 aromatic rings. The highest BCUT2D eigenvalue weighted by Crippen LogP contribution is 2.11. The zero-order valence-electron chi connectivity index (χ0n) is 13.4. The van der Waals surface area contributed by atoms with Gasteiger partial charge in [-0.2, -0.15) is 5.10 Å². The molecule has 0 atom stereocenters. The van der Waals surface area contributed by atoms with Crippen molar-refractivity contribution in [1.29, 1.82) is 0 Å². The van der Waals surface area contributed by atoms with Crippen molar-refractivity contribution in [2.24, 2.45) is 0 Å². The van der Waals surface area contributed by atoms with Crippen molar-refractivity contribution in [3.63, 3.8) is 0 Å². The minimum atomic E-state index is -3.15. The van der Waals surface area contributed by atoms with Gasteiger partial charge in [0.2, 0.25) is 0 Å². The molecule has 0 fully saturated rings. The maximum atomic E-state index is 12.3. The van der Waals surface area contributed by atoms with Gasteiger partial charge >= 0.3 is 0 Å². The lowest BCUT2D eigenvalue weighted by atomic mass is 10.1. The van der Waals surface area contributed by atoms with Gasteiger partial charge in [0.15, 0.2) is 9.84 Å². The van der Waals surface area contributed by atoms with Crippen molar-refractivity contribution in [2.45, 2.75) is 18.6 Å². The molecular weight excluding hydrogens is 320 g/mol. The highest BCUT2D eigenvalue weighted by molar-refractivity contribution is 7.90. The lowest BCUT2D eigenvalue weighted by Gasteiger charge is -2.04. The van der Waals surface area contributed by atoms with Crippen LogP contribution < -0.4 is 0 Å². The molecule has 0 aliphatic rings. The Hall–Kier alpha value is -2.40. The average Bonchev–Trinajstić information content (AvgIpc) is 3.04. The van der Waals surface area contributed by atoms with Gasteiger partial charge in [0.25, 0.3) is 0 Å². The Kier molecular flexibility index (Phi) is 5.11. The SMILES string of the molecule is O=S(=O)(CCCc1ccccc1)Cc1ccn(-c2ccccc2)n1. The van der Waals surface area contributed by atoms with Crippen molar-refractivity contribution >= 4 is 9.84 Å². The van der Waals surface area contributed by atoms with Crippen molar-refractivity contribution in [1.82, 2.24) is 9.78 Å². The monoisotopic (exact) mass is 340 g/mol. The van der Waals surface area contributed by atoms with Crippen LogP contribution in [0.25, 0.3) is 5.69 Å². The van der Waals surface area contributed by atoms with Crippen molar-refractivity contribution in [3.05, 3.63) is 84.2 Å². The molecule has 0 aliphatic heterocycles. The van der Waals surface area contributed by atoms with E-state index >= 15 is 0 Å². The second kappa shape index (κ2) is 7.45. The molecule has 0 spiro atoms. The van der Waals surface area contributed by atoms with E-state index in [1.54, 1.807) is 16.9 Å². The van der Waals surface area contributed by atoms with E-state index in [1.807, 2.05) is 60.7 Å². The van der Waals surface area contributed by atoms with Crippen LogP contribution in [-0.2, 0) is 22.0 Å². The van der Waals surface area contributed by atoms with Crippen LogP contribution in [0.5, 0.6) is 0 Å². The third-order valence-corrected chi connectivity index (χ3v) is 5.44. The molecule has 0 saturated heterocycles. The molecule has 1 aromatic heterocycles. The molecule has 4 nitrogen and oxygen atoms in total. The maximum Gasteiger partial charge on any atom is 0.156 e. The standard InChI is InChI=1S/C19H20N2O2S/c22-24(23,15-7-10-17-8-3-1-4-9-17)16-18-13-14-21(20-18)19-11-5-2-6-12-19/h1-6,8-9,11-14H,7,10,15-16H2. The summed E-state index contributed by atoms with van der Waals surface area (Å²) >= 11 is 0. The molecule has 0 radical (unpaired) electrons. The number of para-hydroxylation sites is 1. The zero-order valence-corrected chi connectivity index (χ0v) is 14.2. The lowest BCUT2D eigenvalue weighted by Crippen LogP contribution is -2.11. The molecule has 3 rings (SSSR count). The fourth-order valence-corrected chi connectivity index (χ4v) is 3.93. The summed E-state index contributed by atoms with van der Waals surface area (Å²) in [6, 6.07) is 21.4. The minimum absolute atomic E-state index is 0.0123. The van der Waals surface area contributed by atoms with Crippen molar-refractivity contribution in [2.75, 3.05) is 5.75 Å². The van der Waals surface area contributed by atoms with Crippen molar-refractivity contribution in [3.8, 4) is 5.69 Å². The number of hydrogen-bond acceptors (Lipinski definition) is 3. The topological polar surface area (TPSA) is 52.0 Å². The van der Waals surface area contributed by atoms with E-state index in [-0.39, 0.29) is 11.5 Å². The molecule has 124 valence electrons. The average molecular weight is 340 g/mol. The number of sulfone groups is 1. The summed E-state index contributed by atoms with van der Waals surface area (Å²) in [5, 5.41) is 4.37. The molecular formula is C19H20N2O2S. The summed E-state index contributed by atoms with van der Waals surface area (Å²) in [4.78, 5) is 0. The van der Waals surface area contributed by atoms with Crippen LogP contribution in [0.4, 0.5) is 0 Å². The quantitative estimate of drug-likeness (QED) is 0.662. The van der Waals surface area contributed by atoms with Crippen LogP contribution in [0.2, 0.25) is 0 Å². The first-order valence-corrected chi connectivity index (χ1v) is 9.79. The van der Waals surface area contributed by atoms with E-state index in [9.17, 15) is 8.42 Å². The van der Waals surface area contributed by atoms with Crippen LogP contribution in [0, 0.1) is 0 Å². The predicted molar refractivity (Wildman–Crippen MR) is 95.8 cm³/mol. The zero-order chi connectivity index (χ0) is 16.8. The normalized spacial score (nSPS) is 11.5. The minimum Gasteiger partial charge on any atom is -0.241 e. The van der Waals surface area contributed by atoms with E-state index in [4.69, 9.17) is 0 Å². The summed E-state index contributed by atoms with van der Waals surface area (Å²) in [6.45, 7) is 0. The fourth-order valence-electron chi connectivity index (χ4n) is 2.60. The highest BCUT2D eigenvalue weighted by atomic mass is 32.2. The molecule has 24 heavy (non-hydrogen) atoms. The molecule has 0 amide bonds. The van der Waals surface area contributed by atoms with Gasteiger partial charge in [-0.15, -0.1) is 0 Å². The molecule has 0 aliphatic carbocycles. The van der Waals surface area contributed by atoms with Gasteiger partial charge in [-0.1, -0.05) is 48.5 Å². The second-order valence-electron chi connectivity index (χ2n) is 5.77. The van der Waals surface area contributed by atoms with Gasteiger partial charge < -0.3 is 0 Å². The predicted octanol–water partition coefficient (Wildman–Crippen LogP) is 3.42. The first-order valence-electron chi connectivity index (χ1n) is 7.97. The van der Waals surface area contributed by atoms with Gasteiger partial charge in [-0.3, -0.25) is 0 Å². The summed E-state index contributed by atoms with van der Waals surface area (Å²) < 4.78 is 26.3. The highest BCUT2D eigenvalue weighted by Gasteiger charge is 2.14. The van der Waals surface area contributed by atoms with E-state index < -0.39 is 9.84 Å². The number of rotatable bonds is 7. The van der Waals surface area contributed by atoms with Crippen LogP contribution in [-0.4, -0.2) is 24.0 Å². The van der Waals surface area contributed by atoms with E-state index in [2.05, 4.69) is 5.10 Å². The van der Waals surface area contributed by atoms with Gasteiger partial charge in [-0.25, -0.2) is 13.1 Å². The van der Waals surface area contributed by atoms with Crippen LogP contribution >= 0.6 is 0 Å². The van der Waals surface area contributed by atoms with Crippen LogP contribution in [0.15, 0.2) is 72.9 Å². The Balaban J connectivity index is 1.58. The first kappa shape index (κ1) is 16.5. The maximum absolute atomic E-state index is 12.3. The number of benzene rings is 2. The van der Waals surface area contributed by atoms with Crippen LogP contribution in [0.3, 0.4) is 0 Å². The summed E-state index contributed by atoms with van der Waals surface area (Å²) in [7, 11) is -3.15. The number of aryl methyl sites for hydroxylation is 1. The molecule has 0 bridgehead atoms. The van der Waals surface area contributed by atoms with Crippen LogP contribution in [0.1, 0.15) is 17.7 Å². The van der Waals surface area contributed by atoms with Crippen molar-refractivity contribution < 1.29 is 8.42 Å². The fraction of sp³-hybridized carbons (Fsp3) is 0.211. The number of nitrogens with zero attached hydrogens (tertiary/aromatic N) is 2. The molecule has 1 heterocycles. The summed E-state index contributed by atoms with van der Waals surface area (Å²) in [6.07, 6.45) is 3.20. The van der Waals surface area contributed by atoms with Gasteiger partial charge in [0.1, 0.15) is 0 Å². The Morgan fingerprint density at radius 2 is 1.54 bits per heavy atom. The van der Waals surface area contributed by atoms with E-state index in [1.165, 1.54) is 5.56 Å². The molecule has 0 unspecified atom stereocenters. The second-order valence-corrected chi connectivity index (χ2v) is 7.95. The van der Waals surface area contributed by atoms with Gasteiger partial charge in [-0.05, 0) is 36.6 Å². The third-order valence-electron chi connectivity index (χ3n) is 3.80. The Morgan fingerprint density at radius 1 is 0.875 bits per heavy atom. The Bertz CT molecular complexity index is 872. The third kappa shape index (κ3) is 4.55. The number of aromatic nitrogens is 2. The Morgan fingerprint density at radius 3 is 2.25 bits per heavy atom. The van der Waals surface area contributed by atoms with Gasteiger partial charge in [0.05, 0.1) is 22.9 Å². The summed E-state index contributed by atoms with van der Waals surface area (Å²) in [5.74, 6) is 0.168. The Labute approximate surface area is 142 Å². The lowest BCUT2D eigenvalue weighted by molar-refractivity contribution is 0.591. The van der Waals surface area contributed by atoms with E-state index in [0.717, 1.165) is 12.1 Å². The molecule has 0 saturated carbocycles. The smallest absolute Gasteiger partial charge is 0.156 e.